The van der Waals surface area contributed by atoms with E-state index in [4.69, 9.17) is 0 Å². The van der Waals surface area contributed by atoms with Gasteiger partial charge < -0.3 is 9.69 Å². The lowest BCUT2D eigenvalue weighted by Gasteiger charge is -2.41. The average Bonchev–Trinajstić information content (AvgIpc) is 2.27. The summed E-state index contributed by atoms with van der Waals surface area (Å²) in [6, 6.07) is 0.675. The highest BCUT2D eigenvalue weighted by atomic mass is 16.1. The number of Topliss-reactive ketones (excluding diaryl/α,β-unsaturated/α-hetero) is 1. The molecule has 18 heavy (non-hydrogen) atoms. The van der Waals surface area contributed by atoms with E-state index in [0.717, 1.165) is 18.8 Å². The van der Waals surface area contributed by atoms with E-state index in [1.165, 1.54) is 51.6 Å². The van der Waals surface area contributed by atoms with E-state index < -0.39 is 0 Å². The maximum Gasteiger partial charge on any atom is 0.129 e. The van der Waals surface area contributed by atoms with Crippen LogP contribution in [0.3, 0.4) is 0 Å². The van der Waals surface area contributed by atoms with Crippen LogP contribution in [0.4, 0.5) is 0 Å². The molecule has 0 aromatic rings. The van der Waals surface area contributed by atoms with Gasteiger partial charge in [0.15, 0.2) is 0 Å². The molecule has 1 aliphatic carbocycles. The summed E-state index contributed by atoms with van der Waals surface area (Å²) < 4.78 is 0. The normalized spacial score (nSPS) is 17.8. The van der Waals surface area contributed by atoms with Gasteiger partial charge in [-0.2, -0.15) is 0 Å². The first-order valence-electron chi connectivity index (χ1n) is 7.92. The third kappa shape index (κ3) is 5.09. The Bertz CT molecular complexity index is 235. The molecule has 0 spiro atoms. The molecule has 0 aromatic carbocycles. The van der Waals surface area contributed by atoms with Gasteiger partial charge in [-0.1, -0.05) is 26.7 Å². The van der Waals surface area contributed by atoms with Crippen LogP contribution >= 0.6 is 0 Å². The summed E-state index contributed by atoms with van der Waals surface area (Å²) >= 11 is 0. The fourth-order valence-electron chi connectivity index (χ4n) is 2.98. The Hall–Kier alpha value is -0.370. The fourth-order valence-corrected chi connectivity index (χ4v) is 2.98. The predicted molar refractivity (Wildman–Crippen MR) is 77.8 cm³/mol. The third-order valence-corrected chi connectivity index (χ3v) is 4.26. The van der Waals surface area contributed by atoms with Crippen molar-refractivity contribution in [3.05, 3.63) is 0 Å². The van der Waals surface area contributed by atoms with Crippen LogP contribution in [0.1, 0.15) is 72.1 Å². The summed E-state index contributed by atoms with van der Waals surface area (Å²) in [7, 11) is 0. The van der Waals surface area contributed by atoms with E-state index in [1.54, 1.807) is 6.92 Å². The van der Waals surface area contributed by atoms with Crippen molar-refractivity contribution < 1.29 is 4.79 Å². The largest absolute Gasteiger partial charge is 0.300 e. The first-order chi connectivity index (χ1) is 8.69. The lowest BCUT2D eigenvalue weighted by molar-refractivity contribution is -0.117. The molecule has 2 heteroatoms. The summed E-state index contributed by atoms with van der Waals surface area (Å²) in [5.41, 5.74) is 0. The number of hydrogen-bond acceptors (Lipinski definition) is 2. The van der Waals surface area contributed by atoms with Crippen molar-refractivity contribution in [2.45, 2.75) is 78.2 Å². The highest BCUT2D eigenvalue weighted by molar-refractivity contribution is 5.75. The number of unbranched alkanes of at least 4 members (excludes halogenated alkanes) is 1. The first-order valence-corrected chi connectivity index (χ1v) is 7.92. The Balaban J connectivity index is 2.54. The molecule has 0 bridgehead atoms. The van der Waals surface area contributed by atoms with Crippen molar-refractivity contribution in [1.29, 1.82) is 0 Å². The Kier molecular flexibility index (Phi) is 7.57. The van der Waals surface area contributed by atoms with Gasteiger partial charge in [0.05, 0.1) is 0 Å². The van der Waals surface area contributed by atoms with E-state index in [9.17, 15) is 4.79 Å². The van der Waals surface area contributed by atoms with E-state index in [0.29, 0.717) is 11.8 Å². The molecule has 0 aliphatic heterocycles. The maximum absolute atomic E-state index is 11.3. The van der Waals surface area contributed by atoms with Gasteiger partial charge in [0.1, 0.15) is 5.78 Å². The minimum absolute atomic E-state index is 0.353. The van der Waals surface area contributed by atoms with Crippen LogP contribution in [0.5, 0.6) is 0 Å². The Labute approximate surface area is 113 Å². The molecule has 1 aliphatic rings. The highest BCUT2D eigenvalue weighted by Gasteiger charge is 2.30. The molecule has 0 amide bonds. The zero-order valence-corrected chi connectivity index (χ0v) is 12.6. The number of carbonyl (C=O) groups excluding carboxylic acids is 1. The molecule has 0 heterocycles. The minimum Gasteiger partial charge on any atom is -0.300 e. The van der Waals surface area contributed by atoms with E-state index in [-0.39, 0.29) is 0 Å². The van der Waals surface area contributed by atoms with Crippen molar-refractivity contribution in [1.82, 2.24) is 4.90 Å². The monoisotopic (exact) mass is 253 g/mol. The highest BCUT2D eigenvalue weighted by Crippen LogP contribution is 2.34. The van der Waals surface area contributed by atoms with Crippen LogP contribution < -0.4 is 0 Å². The molecular weight excluding hydrogens is 222 g/mol. The number of hydrogen-bond donors (Lipinski definition) is 0. The van der Waals surface area contributed by atoms with Crippen LogP contribution in [0, 0.1) is 5.92 Å². The fraction of sp³-hybridized carbons (Fsp3) is 0.938. The van der Waals surface area contributed by atoms with Crippen LogP contribution in [-0.2, 0) is 4.79 Å². The minimum atomic E-state index is 0.353. The molecule has 1 fully saturated rings. The van der Waals surface area contributed by atoms with Crippen LogP contribution in [0.2, 0.25) is 0 Å². The molecule has 0 aromatic heterocycles. The molecule has 1 unspecified atom stereocenters. The molecular formula is C16H31NO. The summed E-state index contributed by atoms with van der Waals surface area (Å²) in [5.74, 6) is 1.22. The summed E-state index contributed by atoms with van der Waals surface area (Å²) in [6.45, 7) is 8.69. The maximum atomic E-state index is 11.3. The molecule has 0 N–H and O–H groups in total. The van der Waals surface area contributed by atoms with Crippen LogP contribution in [0.25, 0.3) is 0 Å². The Morgan fingerprint density at radius 1 is 1.22 bits per heavy atom. The van der Waals surface area contributed by atoms with Gasteiger partial charge in [-0.3, -0.25) is 0 Å². The second kappa shape index (κ2) is 8.68. The molecule has 0 radical (unpaired) electrons. The molecule has 1 atom stereocenters. The van der Waals surface area contributed by atoms with E-state index in [1.807, 2.05) is 0 Å². The van der Waals surface area contributed by atoms with E-state index in [2.05, 4.69) is 18.7 Å². The van der Waals surface area contributed by atoms with Crippen LogP contribution in [-0.4, -0.2) is 29.8 Å². The van der Waals surface area contributed by atoms with Gasteiger partial charge in [0, 0.05) is 12.5 Å². The van der Waals surface area contributed by atoms with Crippen LogP contribution in [0.15, 0.2) is 0 Å². The summed E-state index contributed by atoms with van der Waals surface area (Å²) in [5, 5.41) is 0. The number of carbonyl (C=O) groups is 1. The molecule has 1 saturated carbocycles. The quantitative estimate of drug-likeness (QED) is 0.586. The SMILES string of the molecule is CCCCN(CCC)C(CCC(C)=O)C1CCC1. The zero-order chi connectivity index (χ0) is 13.4. The average molecular weight is 253 g/mol. The van der Waals surface area contributed by atoms with Crippen molar-refractivity contribution in [2.24, 2.45) is 5.92 Å². The standard InChI is InChI=1S/C16H31NO/c1-4-6-13-17(12-5-2)16(11-10-14(3)18)15-8-7-9-15/h15-16H,4-13H2,1-3H3. The molecule has 106 valence electrons. The van der Waals surface area contributed by atoms with Gasteiger partial charge in [0.2, 0.25) is 0 Å². The van der Waals surface area contributed by atoms with E-state index >= 15 is 0 Å². The summed E-state index contributed by atoms with van der Waals surface area (Å²) in [6.07, 6.45) is 9.82. The Morgan fingerprint density at radius 2 is 1.94 bits per heavy atom. The number of rotatable bonds is 10. The van der Waals surface area contributed by atoms with Crippen molar-refractivity contribution in [3.8, 4) is 0 Å². The van der Waals surface area contributed by atoms with Crippen molar-refractivity contribution in [2.75, 3.05) is 13.1 Å². The first kappa shape index (κ1) is 15.7. The summed E-state index contributed by atoms with van der Waals surface area (Å²) in [4.78, 5) is 13.9. The van der Waals surface area contributed by atoms with Crippen molar-refractivity contribution >= 4 is 5.78 Å². The topological polar surface area (TPSA) is 20.3 Å². The lowest BCUT2D eigenvalue weighted by Crippen LogP contribution is -2.44. The van der Waals surface area contributed by atoms with Gasteiger partial charge in [-0.25, -0.2) is 0 Å². The van der Waals surface area contributed by atoms with Gasteiger partial charge in [0.25, 0.3) is 0 Å². The predicted octanol–water partition coefficient (Wildman–Crippen LogP) is 4.04. The molecule has 2 nitrogen and oxygen atoms in total. The Morgan fingerprint density at radius 3 is 2.39 bits per heavy atom. The van der Waals surface area contributed by atoms with Gasteiger partial charge in [-0.05, 0) is 58.0 Å². The van der Waals surface area contributed by atoms with Crippen molar-refractivity contribution in [3.63, 3.8) is 0 Å². The molecule has 1 rings (SSSR count). The van der Waals surface area contributed by atoms with Gasteiger partial charge >= 0.3 is 0 Å². The zero-order valence-electron chi connectivity index (χ0n) is 12.6. The second-order valence-corrected chi connectivity index (χ2v) is 5.89. The second-order valence-electron chi connectivity index (χ2n) is 5.89. The lowest BCUT2D eigenvalue weighted by atomic mass is 9.77. The van der Waals surface area contributed by atoms with Gasteiger partial charge in [-0.15, -0.1) is 0 Å². The number of nitrogens with zero attached hydrogens (tertiary/aromatic N) is 1. The smallest absolute Gasteiger partial charge is 0.129 e. The number of ketones is 1. The molecule has 0 saturated heterocycles. The third-order valence-electron chi connectivity index (χ3n) is 4.26.